The topological polar surface area (TPSA) is 30.5 Å². The monoisotopic (exact) mass is 285 g/mol. The number of hydrogen-bond acceptors (Lipinski definition) is 3. The lowest BCUT2D eigenvalue weighted by atomic mass is 10.1. The molecule has 21 heavy (non-hydrogen) atoms. The minimum absolute atomic E-state index is 0.707. The van der Waals surface area contributed by atoms with Crippen molar-refractivity contribution < 1.29 is 9.47 Å². The summed E-state index contributed by atoms with van der Waals surface area (Å²) < 4.78 is 10.7. The number of anilines is 1. The number of ether oxygens (including phenoxy) is 2. The second kappa shape index (κ2) is 7.02. The van der Waals surface area contributed by atoms with Crippen molar-refractivity contribution in [3.05, 3.63) is 53.1 Å². The summed E-state index contributed by atoms with van der Waals surface area (Å²) in [7, 11) is 3.37. The SMILES string of the molecule is CCc1cccc(C)c1NCc1cc(OC)ccc1OC. The van der Waals surface area contributed by atoms with Crippen LogP contribution in [0, 0.1) is 6.92 Å². The van der Waals surface area contributed by atoms with E-state index in [1.54, 1.807) is 14.2 Å². The molecule has 2 aromatic carbocycles. The van der Waals surface area contributed by atoms with Gasteiger partial charge < -0.3 is 14.8 Å². The molecule has 0 aliphatic heterocycles. The van der Waals surface area contributed by atoms with Crippen molar-refractivity contribution in [2.45, 2.75) is 26.8 Å². The summed E-state index contributed by atoms with van der Waals surface area (Å²) in [5.74, 6) is 1.71. The van der Waals surface area contributed by atoms with Crippen molar-refractivity contribution in [2.75, 3.05) is 19.5 Å². The average Bonchev–Trinajstić information content (AvgIpc) is 2.53. The standard InChI is InChI=1S/C18H23NO2/c1-5-14-8-6-7-13(2)18(14)19-12-15-11-16(20-3)9-10-17(15)21-4/h6-11,19H,5,12H2,1-4H3. The summed E-state index contributed by atoms with van der Waals surface area (Å²) in [6.07, 6.45) is 1.01. The maximum absolute atomic E-state index is 5.42. The van der Waals surface area contributed by atoms with Gasteiger partial charge in [-0.1, -0.05) is 25.1 Å². The molecule has 0 amide bonds. The Hall–Kier alpha value is -2.16. The van der Waals surface area contributed by atoms with Gasteiger partial charge in [0, 0.05) is 17.8 Å². The summed E-state index contributed by atoms with van der Waals surface area (Å²) in [4.78, 5) is 0. The molecule has 0 fully saturated rings. The number of hydrogen-bond donors (Lipinski definition) is 1. The molecule has 0 unspecified atom stereocenters. The summed E-state index contributed by atoms with van der Waals surface area (Å²) >= 11 is 0. The predicted octanol–water partition coefficient (Wildman–Crippen LogP) is 4.19. The molecule has 0 aromatic heterocycles. The van der Waals surface area contributed by atoms with Gasteiger partial charge >= 0.3 is 0 Å². The van der Waals surface area contributed by atoms with Crippen molar-refractivity contribution in [3.63, 3.8) is 0 Å². The van der Waals surface area contributed by atoms with Crippen molar-refractivity contribution >= 4 is 5.69 Å². The highest BCUT2D eigenvalue weighted by Crippen LogP contribution is 2.27. The van der Waals surface area contributed by atoms with E-state index in [9.17, 15) is 0 Å². The van der Waals surface area contributed by atoms with E-state index in [4.69, 9.17) is 9.47 Å². The average molecular weight is 285 g/mol. The van der Waals surface area contributed by atoms with Crippen LogP contribution < -0.4 is 14.8 Å². The van der Waals surface area contributed by atoms with Crippen LogP contribution >= 0.6 is 0 Å². The molecular weight excluding hydrogens is 262 g/mol. The van der Waals surface area contributed by atoms with Crippen LogP contribution in [-0.4, -0.2) is 14.2 Å². The number of methoxy groups -OCH3 is 2. The lowest BCUT2D eigenvalue weighted by molar-refractivity contribution is 0.399. The summed E-state index contributed by atoms with van der Waals surface area (Å²) in [6.45, 7) is 5.01. The first-order valence-electron chi connectivity index (χ1n) is 7.22. The van der Waals surface area contributed by atoms with Crippen molar-refractivity contribution in [2.24, 2.45) is 0 Å². The van der Waals surface area contributed by atoms with E-state index in [0.717, 1.165) is 23.5 Å². The van der Waals surface area contributed by atoms with Gasteiger partial charge in [-0.3, -0.25) is 0 Å². The molecule has 1 N–H and O–H groups in total. The maximum atomic E-state index is 5.42. The quantitative estimate of drug-likeness (QED) is 0.863. The highest BCUT2D eigenvalue weighted by atomic mass is 16.5. The minimum Gasteiger partial charge on any atom is -0.497 e. The Morgan fingerprint density at radius 2 is 1.81 bits per heavy atom. The van der Waals surface area contributed by atoms with Gasteiger partial charge in [0.25, 0.3) is 0 Å². The highest BCUT2D eigenvalue weighted by molar-refractivity contribution is 5.58. The fourth-order valence-corrected chi connectivity index (χ4v) is 2.48. The van der Waals surface area contributed by atoms with Crippen LogP contribution in [0.1, 0.15) is 23.6 Å². The molecule has 0 bridgehead atoms. The normalized spacial score (nSPS) is 10.3. The summed E-state index contributed by atoms with van der Waals surface area (Å²) in [5.41, 5.74) is 4.89. The third-order valence-corrected chi connectivity index (χ3v) is 3.68. The van der Waals surface area contributed by atoms with E-state index >= 15 is 0 Å². The highest BCUT2D eigenvalue weighted by Gasteiger charge is 2.08. The molecule has 0 heterocycles. The number of para-hydroxylation sites is 1. The number of aryl methyl sites for hydroxylation is 2. The van der Waals surface area contributed by atoms with Crippen molar-refractivity contribution in [1.82, 2.24) is 0 Å². The summed E-state index contributed by atoms with van der Waals surface area (Å²) in [5, 5.41) is 3.54. The molecule has 0 radical (unpaired) electrons. The van der Waals surface area contributed by atoms with Crippen LogP contribution in [0.3, 0.4) is 0 Å². The molecule has 2 rings (SSSR count). The van der Waals surface area contributed by atoms with E-state index in [1.807, 2.05) is 18.2 Å². The van der Waals surface area contributed by atoms with Crippen molar-refractivity contribution in [1.29, 1.82) is 0 Å². The van der Waals surface area contributed by atoms with E-state index in [2.05, 4.69) is 37.4 Å². The molecule has 0 aliphatic rings. The van der Waals surface area contributed by atoms with Gasteiger partial charge in [-0.15, -0.1) is 0 Å². The zero-order chi connectivity index (χ0) is 15.2. The number of rotatable bonds is 6. The van der Waals surface area contributed by atoms with Crippen LogP contribution in [0.25, 0.3) is 0 Å². The Labute approximate surface area is 126 Å². The minimum atomic E-state index is 0.707. The first kappa shape index (κ1) is 15.2. The molecule has 112 valence electrons. The fourth-order valence-electron chi connectivity index (χ4n) is 2.48. The first-order chi connectivity index (χ1) is 10.2. The molecular formula is C18H23NO2. The zero-order valence-electron chi connectivity index (χ0n) is 13.2. The van der Waals surface area contributed by atoms with Gasteiger partial charge in [-0.05, 0) is 42.7 Å². The third kappa shape index (κ3) is 3.48. The molecule has 0 saturated heterocycles. The molecule has 0 spiro atoms. The Morgan fingerprint density at radius 3 is 2.48 bits per heavy atom. The lowest BCUT2D eigenvalue weighted by Gasteiger charge is -2.16. The van der Waals surface area contributed by atoms with E-state index in [0.29, 0.717) is 6.54 Å². The first-order valence-corrected chi connectivity index (χ1v) is 7.22. The van der Waals surface area contributed by atoms with Gasteiger partial charge in [0.2, 0.25) is 0 Å². The van der Waals surface area contributed by atoms with Crippen LogP contribution in [0.4, 0.5) is 5.69 Å². The van der Waals surface area contributed by atoms with E-state index < -0.39 is 0 Å². The molecule has 0 saturated carbocycles. The molecule has 2 aromatic rings. The lowest BCUT2D eigenvalue weighted by Crippen LogP contribution is -2.05. The Kier molecular flexibility index (Phi) is 5.09. The maximum Gasteiger partial charge on any atom is 0.124 e. The van der Waals surface area contributed by atoms with Gasteiger partial charge in [-0.25, -0.2) is 0 Å². The van der Waals surface area contributed by atoms with Crippen LogP contribution in [0.5, 0.6) is 11.5 Å². The molecule has 3 nitrogen and oxygen atoms in total. The number of nitrogens with one attached hydrogen (secondary N) is 1. The van der Waals surface area contributed by atoms with Crippen molar-refractivity contribution in [3.8, 4) is 11.5 Å². The zero-order valence-corrected chi connectivity index (χ0v) is 13.2. The van der Waals surface area contributed by atoms with Crippen LogP contribution in [-0.2, 0) is 13.0 Å². The molecule has 0 aliphatic carbocycles. The Morgan fingerprint density at radius 1 is 1.00 bits per heavy atom. The molecule has 3 heteroatoms. The van der Waals surface area contributed by atoms with E-state index in [-0.39, 0.29) is 0 Å². The third-order valence-electron chi connectivity index (χ3n) is 3.68. The van der Waals surface area contributed by atoms with Gasteiger partial charge in [0.15, 0.2) is 0 Å². The molecule has 0 atom stereocenters. The predicted molar refractivity (Wildman–Crippen MR) is 87.4 cm³/mol. The van der Waals surface area contributed by atoms with E-state index in [1.165, 1.54) is 16.8 Å². The smallest absolute Gasteiger partial charge is 0.124 e. The fraction of sp³-hybridized carbons (Fsp3) is 0.333. The summed E-state index contributed by atoms with van der Waals surface area (Å²) in [6, 6.07) is 12.3. The van der Waals surface area contributed by atoms with Crippen LogP contribution in [0.2, 0.25) is 0 Å². The van der Waals surface area contributed by atoms with Gasteiger partial charge in [0.1, 0.15) is 11.5 Å². The Bertz CT molecular complexity index is 608. The number of benzene rings is 2. The second-order valence-corrected chi connectivity index (χ2v) is 4.99. The largest absolute Gasteiger partial charge is 0.497 e. The van der Waals surface area contributed by atoms with Gasteiger partial charge in [0.05, 0.1) is 14.2 Å². The second-order valence-electron chi connectivity index (χ2n) is 4.99. The Balaban J connectivity index is 2.24. The van der Waals surface area contributed by atoms with Gasteiger partial charge in [-0.2, -0.15) is 0 Å². The van der Waals surface area contributed by atoms with Crippen LogP contribution in [0.15, 0.2) is 36.4 Å².